The number of hydrogen-bond acceptors (Lipinski definition) is 4. The van der Waals surface area contributed by atoms with Gasteiger partial charge in [0.25, 0.3) is 0 Å². The van der Waals surface area contributed by atoms with Gasteiger partial charge in [-0.2, -0.15) is 0 Å². The minimum atomic E-state index is -0.522. The highest BCUT2D eigenvalue weighted by atomic mass is 79.9. The Balaban J connectivity index is 2.64. The third kappa shape index (κ3) is 2.76. The third-order valence-corrected chi connectivity index (χ3v) is 2.56. The van der Waals surface area contributed by atoms with Crippen LogP contribution in [0.1, 0.15) is 18.2 Å². The van der Waals surface area contributed by atoms with Crippen molar-refractivity contribution in [2.24, 2.45) is 7.05 Å². The average molecular weight is 263 g/mol. The number of halogens is 1. The summed E-state index contributed by atoms with van der Waals surface area (Å²) in [6.45, 7) is 0.832. The van der Waals surface area contributed by atoms with Crippen molar-refractivity contribution in [2.45, 2.75) is 12.5 Å². The molecular weight excluding hydrogens is 248 g/mol. The van der Waals surface area contributed by atoms with E-state index in [9.17, 15) is 5.11 Å². The standard InChI is InChI=1S/C8H15BrN4O/c1-12(2)5-4-6(14)7-8(9)10-11-13(7)3/h6,14H,4-5H2,1-3H3. The zero-order chi connectivity index (χ0) is 10.7. The van der Waals surface area contributed by atoms with Gasteiger partial charge >= 0.3 is 0 Å². The van der Waals surface area contributed by atoms with Crippen LogP contribution < -0.4 is 0 Å². The van der Waals surface area contributed by atoms with Crippen molar-refractivity contribution in [3.63, 3.8) is 0 Å². The quantitative estimate of drug-likeness (QED) is 0.862. The number of hydrogen-bond donors (Lipinski definition) is 1. The molecule has 0 aliphatic rings. The van der Waals surface area contributed by atoms with Crippen molar-refractivity contribution >= 4 is 15.9 Å². The van der Waals surface area contributed by atoms with Crippen LogP contribution in [0.15, 0.2) is 4.60 Å². The predicted octanol–water partition coefficient (Wildman–Crippen LogP) is 0.563. The first kappa shape index (κ1) is 11.6. The smallest absolute Gasteiger partial charge is 0.154 e. The van der Waals surface area contributed by atoms with Crippen LogP contribution in [0.3, 0.4) is 0 Å². The number of aliphatic hydroxyl groups is 1. The average Bonchev–Trinajstić information content (AvgIpc) is 2.42. The van der Waals surface area contributed by atoms with E-state index in [1.807, 2.05) is 19.0 Å². The molecule has 1 unspecified atom stereocenters. The summed E-state index contributed by atoms with van der Waals surface area (Å²) in [5.41, 5.74) is 0.729. The highest BCUT2D eigenvalue weighted by Gasteiger charge is 2.17. The summed E-state index contributed by atoms with van der Waals surface area (Å²) in [4.78, 5) is 2.03. The first-order valence-electron chi connectivity index (χ1n) is 4.40. The molecule has 0 spiro atoms. The van der Waals surface area contributed by atoms with E-state index in [4.69, 9.17) is 0 Å². The molecule has 14 heavy (non-hydrogen) atoms. The highest BCUT2D eigenvalue weighted by molar-refractivity contribution is 9.10. The summed E-state index contributed by atoms with van der Waals surface area (Å²) in [5.74, 6) is 0. The van der Waals surface area contributed by atoms with Gasteiger partial charge in [-0.1, -0.05) is 5.21 Å². The van der Waals surface area contributed by atoms with Gasteiger partial charge in [-0.05, 0) is 36.4 Å². The molecule has 0 amide bonds. The van der Waals surface area contributed by atoms with Gasteiger partial charge in [-0.15, -0.1) is 5.10 Å². The van der Waals surface area contributed by atoms with Gasteiger partial charge in [0.1, 0.15) is 5.69 Å². The van der Waals surface area contributed by atoms with E-state index < -0.39 is 6.10 Å². The van der Waals surface area contributed by atoms with Crippen LogP contribution in [0.5, 0.6) is 0 Å². The lowest BCUT2D eigenvalue weighted by Crippen LogP contribution is -2.17. The molecule has 1 N–H and O–H groups in total. The second-order valence-electron chi connectivity index (χ2n) is 3.50. The third-order valence-electron chi connectivity index (χ3n) is 1.99. The monoisotopic (exact) mass is 262 g/mol. The maximum atomic E-state index is 9.86. The van der Waals surface area contributed by atoms with Crippen LogP contribution in [-0.4, -0.2) is 45.6 Å². The van der Waals surface area contributed by atoms with E-state index in [0.29, 0.717) is 11.0 Å². The van der Waals surface area contributed by atoms with Gasteiger partial charge in [-0.25, -0.2) is 4.68 Å². The Kier molecular flexibility index (Phi) is 4.03. The molecule has 1 heterocycles. The molecule has 6 heteroatoms. The van der Waals surface area contributed by atoms with E-state index in [2.05, 4.69) is 26.2 Å². The van der Waals surface area contributed by atoms with Crippen molar-refractivity contribution in [3.05, 3.63) is 10.3 Å². The molecule has 1 aromatic heterocycles. The van der Waals surface area contributed by atoms with E-state index in [0.717, 1.165) is 12.2 Å². The lowest BCUT2D eigenvalue weighted by molar-refractivity contribution is 0.145. The fourth-order valence-electron chi connectivity index (χ4n) is 1.21. The van der Waals surface area contributed by atoms with Crippen molar-refractivity contribution in [2.75, 3.05) is 20.6 Å². The Morgan fingerprint density at radius 3 is 2.64 bits per heavy atom. The van der Waals surface area contributed by atoms with E-state index in [1.54, 1.807) is 11.7 Å². The summed E-state index contributed by atoms with van der Waals surface area (Å²) in [7, 11) is 5.72. The van der Waals surface area contributed by atoms with Crippen LogP contribution >= 0.6 is 15.9 Å². The minimum absolute atomic E-state index is 0.522. The molecule has 0 aliphatic heterocycles. The van der Waals surface area contributed by atoms with Crippen molar-refractivity contribution in [1.29, 1.82) is 0 Å². The van der Waals surface area contributed by atoms with Gasteiger partial charge in [0.15, 0.2) is 4.60 Å². The summed E-state index contributed by atoms with van der Waals surface area (Å²) >= 11 is 3.26. The number of aromatic nitrogens is 3. The Morgan fingerprint density at radius 2 is 2.21 bits per heavy atom. The summed E-state index contributed by atoms with van der Waals surface area (Å²) in [6, 6.07) is 0. The number of aryl methyl sites for hydroxylation is 1. The SMILES string of the molecule is CN(C)CCC(O)c1c(Br)nnn1C. The van der Waals surface area contributed by atoms with Gasteiger partial charge in [0.2, 0.25) is 0 Å². The normalized spacial score (nSPS) is 13.6. The van der Waals surface area contributed by atoms with Crippen LogP contribution in [0.4, 0.5) is 0 Å². The second kappa shape index (κ2) is 4.86. The zero-order valence-electron chi connectivity index (χ0n) is 8.61. The number of aliphatic hydroxyl groups excluding tert-OH is 1. The molecule has 80 valence electrons. The van der Waals surface area contributed by atoms with Gasteiger partial charge in [0.05, 0.1) is 6.10 Å². The molecular formula is C8H15BrN4O. The number of rotatable bonds is 4. The molecule has 0 radical (unpaired) electrons. The maximum Gasteiger partial charge on any atom is 0.154 e. The summed E-state index contributed by atoms with van der Waals surface area (Å²) in [5, 5.41) is 17.5. The molecule has 0 fully saturated rings. The summed E-state index contributed by atoms with van der Waals surface area (Å²) in [6.07, 6.45) is 0.152. The van der Waals surface area contributed by atoms with Crippen molar-refractivity contribution in [3.8, 4) is 0 Å². The lowest BCUT2D eigenvalue weighted by Gasteiger charge is -2.14. The minimum Gasteiger partial charge on any atom is -0.387 e. The van der Waals surface area contributed by atoms with E-state index in [-0.39, 0.29) is 0 Å². The van der Waals surface area contributed by atoms with Gasteiger partial charge < -0.3 is 10.0 Å². The molecule has 0 saturated carbocycles. The van der Waals surface area contributed by atoms with Gasteiger partial charge in [-0.3, -0.25) is 0 Å². The molecule has 0 aliphatic carbocycles. The van der Waals surface area contributed by atoms with E-state index >= 15 is 0 Å². The van der Waals surface area contributed by atoms with E-state index in [1.165, 1.54) is 0 Å². The summed E-state index contributed by atoms with van der Waals surface area (Å²) < 4.78 is 2.20. The Bertz CT molecular complexity index is 280. The fourth-order valence-corrected chi connectivity index (χ4v) is 1.80. The first-order chi connectivity index (χ1) is 6.52. The molecule has 1 rings (SSSR count). The molecule has 1 atom stereocenters. The molecule has 1 aromatic rings. The molecule has 0 saturated heterocycles. The highest BCUT2D eigenvalue weighted by Crippen LogP contribution is 2.22. The number of nitrogens with zero attached hydrogens (tertiary/aromatic N) is 4. The second-order valence-corrected chi connectivity index (χ2v) is 4.25. The first-order valence-corrected chi connectivity index (χ1v) is 5.19. The van der Waals surface area contributed by atoms with Crippen LogP contribution in [0, 0.1) is 0 Å². The van der Waals surface area contributed by atoms with Crippen LogP contribution in [0.25, 0.3) is 0 Å². The largest absolute Gasteiger partial charge is 0.387 e. The van der Waals surface area contributed by atoms with Crippen LogP contribution in [-0.2, 0) is 7.05 Å². The van der Waals surface area contributed by atoms with Crippen molar-refractivity contribution in [1.82, 2.24) is 19.9 Å². The Hall–Kier alpha value is -0.460. The predicted molar refractivity (Wildman–Crippen MR) is 56.8 cm³/mol. The molecule has 5 nitrogen and oxygen atoms in total. The fraction of sp³-hybridized carbons (Fsp3) is 0.750. The Labute approximate surface area is 91.8 Å². The Morgan fingerprint density at radius 1 is 1.57 bits per heavy atom. The topological polar surface area (TPSA) is 54.2 Å². The maximum absolute atomic E-state index is 9.86. The van der Waals surface area contributed by atoms with Crippen molar-refractivity contribution < 1.29 is 5.11 Å². The van der Waals surface area contributed by atoms with Gasteiger partial charge in [0, 0.05) is 13.6 Å². The molecule has 0 aromatic carbocycles. The van der Waals surface area contributed by atoms with Crippen LogP contribution in [0.2, 0.25) is 0 Å². The molecule has 0 bridgehead atoms. The zero-order valence-corrected chi connectivity index (χ0v) is 10.2. The lowest BCUT2D eigenvalue weighted by atomic mass is 10.2.